The molecule has 5 nitrogen and oxygen atoms in total. The molecular formula is C20H25N4OS+. The van der Waals surface area contributed by atoms with E-state index in [1.54, 1.807) is 17.4 Å². The van der Waals surface area contributed by atoms with Gasteiger partial charge in [0, 0.05) is 5.56 Å². The van der Waals surface area contributed by atoms with Crippen LogP contribution in [0.1, 0.15) is 31.9 Å². The normalized spacial score (nSPS) is 12.1. The summed E-state index contributed by atoms with van der Waals surface area (Å²) in [5.74, 6) is 0.347. The Morgan fingerprint density at radius 1 is 1.19 bits per heavy atom. The van der Waals surface area contributed by atoms with E-state index in [2.05, 4.69) is 35.4 Å². The summed E-state index contributed by atoms with van der Waals surface area (Å²) in [6, 6.07) is 13.7. The van der Waals surface area contributed by atoms with Crippen molar-refractivity contribution < 1.29 is 10.0 Å². The molecule has 0 spiro atoms. The minimum Gasteiger partial charge on any atom is -0.507 e. The van der Waals surface area contributed by atoms with Gasteiger partial charge in [-0.3, -0.25) is 5.43 Å². The average molecular weight is 370 g/mol. The Balaban J connectivity index is 1.77. The zero-order chi connectivity index (χ0) is 18.5. The molecule has 3 rings (SSSR count). The smallest absolute Gasteiger partial charge is 0.204 e. The van der Waals surface area contributed by atoms with Crippen molar-refractivity contribution in [2.24, 2.45) is 5.10 Å². The summed E-state index contributed by atoms with van der Waals surface area (Å²) in [4.78, 5) is 5.96. The van der Waals surface area contributed by atoms with Crippen LogP contribution in [0, 0.1) is 0 Å². The third-order valence-electron chi connectivity index (χ3n) is 4.55. The van der Waals surface area contributed by atoms with Crippen LogP contribution in [0.3, 0.4) is 0 Å². The van der Waals surface area contributed by atoms with E-state index in [1.807, 2.05) is 37.3 Å². The molecule has 0 aliphatic heterocycles. The topological polar surface area (TPSA) is 62.0 Å². The van der Waals surface area contributed by atoms with Gasteiger partial charge in [0.05, 0.1) is 29.0 Å². The molecule has 2 aromatic carbocycles. The van der Waals surface area contributed by atoms with Crippen molar-refractivity contribution in [3.05, 3.63) is 53.6 Å². The van der Waals surface area contributed by atoms with Crippen LogP contribution in [0.5, 0.6) is 5.75 Å². The van der Waals surface area contributed by atoms with Gasteiger partial charge < -0.3 is 10.0 Å². The van der Waals surface area contributed by atoms with Gasteiger partial charge in [0.15, 0.2) is 0 Å². The highest BCUT2D eigenvalue weighted by atomic mass is 32.1. The lowest BCUT2D eigenvalue weighted by atomic mass is 10.1. The Labute approximate surface area is 158 Å². The summed E-state index contributed by atoms with van der Waals surface area (Å²) in [5, 5.41) is 15.4. The molecule has 26 heavy (non-hydrogen) atoms. The lowest BCUT2D eigenvalue weighted by molar-refractivity contribution is -0.910. The molecule has 0 aliphatic rings. The number of thiazole rings is 1. The third kappa shape index (κ3) is 4.20. The molecule has 0 unspecified atom stereocenters. The van der Waals surface area contributed by atoms with Crippen molar-refractivity contribution >= 4 is 32.4 Å². The molecular weight excluding hydrogens is 344 g/mol. The number of aromatic nitrogens is 1. The summed E-state index contributed by atoms with van der Waals surface area (Å²) in [7, 11) is 0. The first-order valence-electron chi connectivity index (χ1n) is 8.92. The molecule has 1 heterocycles. The number of rotatable bonds is 7. The predicted molar refractivity (Wildman–Crippen MR) is 109 cm³/mol. The van der Waals surface area contributed by atoms with E-state index in [9.17, 15) is 5.11 Å². The second kappa shape index (κ2) is 8.29. The van der Waals surface area contributed by atoms with E-state index in [1.165, 1.54) is 4.90 Å². The van der Waals surface area contributed by atoms with Crippen molar-refractivity contribution in [1.29, 1.82) is 0 Å². The van der Waals surface area contributed by atoms with Gasteiger partial charge in [0.25, 0.3) is 0 Å². The fourth-order valence-electron chi connectivity index (χ4n) is 2.84. The second-order valence-corrected chi connectivity index (χ2v) is 7.30. The fourth-order valence-corrected chi connectivity index (χ4v) is 3.65. The van der Waals surface area contributed by atoms with Crippen LogP contribution in [-0.2, 0) is 6.54 Å². The number of hydrazone groups is 1. The quantitative estimate of drug-likeness (QED) is 0.442. The van der Waals surface area contributed by atoms with Crippen molar-refractivity contribution in [3.8, 4) is 5.75 Å². The van der Waals surface area contributed by atoms with Gasteiger partial charge in [-0.1, -0.05) is 23.5 Å². The van der Waals surface area contributed by atoms with E-state index in [0.717, 1.165) is 51.8 Å². The zero-order valence-corrected chi connectivity index (χ0v) is 16.2. The monoisotopic (exact) mass is 369 g/mol. The van der Waals surface area contributed by atoms with Crippen LogP contribution in [0.15, 0.2) is 47.6 Å². The number of phenolic OH excluding ortho intramolecular Hbond substituents is 1. The fraction of sp³-hybridized carbons (Fsp3) is 0.300. The molecule has 0 amide bonds. The lowest BCUT2D eigenvalue weighted by Gasteiger charge is -2.16. The molecule has 0 atom stereocenters. The third-order valence-corrected chi connectivity index (χ3v) is 5.49. The molecule has 6 heteroatoms. The lowest BCUT2D eigenvalue weighted by Crippen LogP contribution is -3.10. The summed E-state index contributed by atoms with van der Waals surface area (Å²) in [5.41, 5.74) is 6.84. The largest absolute Gasteiger partial charge is 0.507 e. The number of benzene rings is 2. The average Bonchev–Trinajstić information content (AvgIpc) is 3.08. The maximum absolute atomic E-state index is 10.2. The summed E-state index contributed by atoms with van der Waals surface area (Å²) >= 11 is 1.58. The van der Waals surface area contributed by atoms with Crippen LogP contribution in [-0.4, -0.2) is 28.9 Å². The summed E-state index contributed by atoms with van der Waals surface area (Å²) in [6.07, 6.45) is 0. The van der Waals surface area contributed by atoms with Crippen molar-refractivity contribution in [2.75, 3.05) is 18.5 Å². The Hall–Kier alpha value is -2.44. The van der Waals surface area contributed by atoms with E-state index in [4.69, 9.17) is 0 Å². The van der Waals surface area contributed by atoms with Crippen molar-refractivity contribution in [2.45, 2.75) is 27.3 Å². The molecule has 3 N–H and O–H groups in total. The van der Waals surface area contributed by atoms with Crippen LogP contribution in [0.2, 0.25) is 0 Å². The Kier molecular flexibility index (Phi) is 5.85. The number of nitrogens with one attached hydrogen (secondary N) is 2. The molecule has 0 aliphatic carbocycles. The van der Waals surface area contributed by atoms with Gasteiger partial charge in [-0.2, -0.15) is 5.10 Å². The van der Waals surface area contributed by atoms with Gasteiger partial charge >= 0.3 is 0 Å². The molecule has 0 radical (unpaired) electrons. The Bertz CT molecular complexity index is 882. The van der Waals surface area contributed by atoms with E-state index >= 15 is 0 Å². The number of nitrogens with zero attached hydrogens (tertiary/aromatic N) is 2. The number of anilines is 1. The van der Waals surface area contributed by atoms with Gasteiger partial charge in [0.2, 0.25) is 5.13 Å². The van der Waals surface area contributed by atoms with Gasteiger partial charge in [-0.25, -0.2) is 4.98 Å². The SMILES string of the molecule is CC[NH+](CC)Cc1cc(/C(C)=N/Nc2nc3ccccc3s2)ccc1O. The minimum absolute atomic E-state index is 0.347. The first-order chi connectivity index (χ1) is 12.6. The van der Waals surface area contributed by atoms with Crippen LogP contribution >= 0.6 is 11.3 Å². The summed E-state index contributed by atoms with van der Waals surface area (Å²) < 4.78 is 1.14. The number of aromatic hydroxyl groups is 1. The first-order valence-corrected chi connectivity index (χ1v) is 9.74. The molecule has 0 saturated heterocycles. The zero-order valence-electron chi connectivity index (χ0n) is 15.4. The number of hydrogen-bond donors (Lipinski definition) is 3. The van der Waals surface area contributed by atoms with E-state index in [-0.39, 0.29) is 0 Å². The second-order valence-electron chi connectivity index (χ2n) is 6.27. The van der Waals surface area contributed by atoms with Gasteiger partial charge in [-0.05, 0) is 56.7 Å². The van der Waals surface area contributed by atoms with Crippen LogP contribution in [0.4, 0.5) is 5.13 Å². The Morgan fingerprint density at radius 2 is 1.96 bits per heavy atom. The number of quaternary nitrogens is 1. The van der Waals surface area contributed by atoms with E-state index < -0.39 is 0 Å². The number of phenols is 1. The van der Waals surface area contributed by atoms with Crippen molar-refractivity contribution in [3.63, 3.8) is 0 Å². The number of hydrogen-bond acceptors (Lipinski definition) is 5. The molecule has 136 valence electrons. The Morgan fingerprint density at radius 3 is 2.69 bits per heavy atom. The molecule has 0 bridgehead atoms. The van der Waals surface area contributed by atoms with Gasteiger partial charge in [0.1, 0.15) is 12.3 Å². The first kappa shape index (κ1) is 18.4. The molecule has 3 aromatic rings. The standard InChI is InChI=1S/C20H24N4OS/c1-4-24(5-2)13-16-12-15(10-11-18(16)25)14(3)22-23-20-21-17-8-6-7-9-19(17)26-20/h6-12,25H,4-5,13H2,1-3H3,(H,21,23)/p+1/b22-14+. The molecule has 0 fully saturated rings. The maximum Gasteiger partial charge on any atom is 0.204 e. The number of fused-ring (bicyclic) bond motifs is 1. The highest BCUT2D eigenvalue weighted by Crippen LogP contribution is 2.25. The van der Waals surface area contributed by atoms with Crippen LogP contribution in [0.25, 0.3) is 10.2 Å². The minimum atomic E-state index is 0.347. The highest BCUT2D eigenvalue weighted by molar-refractivity contribution is 7.22. The van der Waals surface area contributed by atoms with Crippen molar-refractivity contribution in [1.82, 2.24) is 4.98 Å². The van der Waals surface area contributed by atoms with Crippen LogP contribution < -0.4 is 10.3 Å². The molecule has 0 saturated carbocycles. The molecule has 1 aromatic heterocycles. The summed E-state index contributed by atoms with van der Waals surface area (Å²) in [6.45, 7) is 9.16. The number of para-hydroxylation sites is 1. The maximum atomic E-state index is 10.2. The highest BCUT2D eigenvalue weighted by Gasteiger charge is 2.11. The predicted octanol–water partition coefficient (Wildman–Crippen LogP) is 3.26. The van der Waals surface area contributed by atoms with Gasteiger partial charge in [-0.15, -0.1) is 0 Å². The van der Waals surface area contributed by atoms with E-state index in [0.29, 0.717) is 5.75 Å².